The van der Waals surface area contributed by atoms with E-state index in [2.05, 4.69) is 10.3 Å². The summed E-state index contributed by atoms with van der Waals surface area (Å²) in [5.41, 5.74) is 2.65. The van der Waals surface area contributed by atoms with Crippen LogP contribution in [0.15, 0.2) is 72.9 Å². The number of nitrogens with one attached hydrogen (secondary N) is 1. The molecule has 2 aromatic carbocycles. The molecule has 1 atom stereocenters. The molecule has 0 unspecified atom stereocenters. The van der Waals surface area contributed by atoms with Gasteiger partial charge in [0, 0.05) is 12.6 Å². The Kier molecular flexibility index (Phi) is 6.26. The molecule has 1 N–H and O–H groups in total. The predicted molar refractivity (Wildman–Crippen MR) is 105 cm³/mol. The number of hydrogen-bond acceptors (Lipinski definition) is 2. The number of carbonyl (C=O) groups excluding carboxylic acids is 1. The molecule has 0 spiro atoms. The van der Waals surface area contributed by atoms with E-state index in [1.54, 1.807) is 12.3 Å². The number of amides is 1. The first-order valence-electron chi connectivity index (χ1n) is 8.33. The second-order valence-electron chi connectivity index (χ2n) is 5.88. The molecule has 0 bridgehead atoms. The number of benzene rings is 2. The Balaban J connectivity index is 1.73. The zero-order valence-corrected chi connectivity index (χ0v) is 15.5. The van der Waals surface area contributed by atoms with Gasteiger partial charge in [-0.05, 0) is 35.7 Å². The number of carbonyl (C=O) groups is 1. The Morgan fingerprint density at radius 2 is 1.73 bits per heavy atom. The molecule has 1 aromatic heterocycles. The van der Waals surface area contributed by atoms with Crippen LogP contribution >= 0.6 is 23.2 Å². The summed E-state index contributed by atoms with van der Waals surface area (Å²) < 4.78 is 0. The highest BCUT2D eigenvalue weighted by atomic mass is 35.5. The van der Waals surface area contributed by atoms with Gasteiger partial charge in [-0.1, -0.05) is 71.7 Å². The fourth-order valence-corrected chi connectivity index (χ4v) is 3.16. The van der Waals surface area contributed by atoms with Gasteiger partial charge in [0.15, 0.2) is 0 Å². The van der Waals surface area contributed by atoms with Crippen LogP contribution in [0.4, 0.5) is 0 Å². The topological polar surface area (TPSA) is 42.0 Å². The molecule has 132 valence electrons. The zero-order valence-electron chi connectivity index (χ0n) is 14.0. The summed E-state index contributed by atoms with van der Waals surface area (Å²) in [6.07, 6.45) is 2.56. The molecule has 3 rings (SSSR count). The minimum absolute atomic E-state index is 0.0689. The summed E-state index contributed by atoms with van der Waals surface area (Å²) in [7, 11) is 0. The van der Waals surface area contributed by atoms with Gasteiger partial charge in [-0.2, -0.15) is 0 Å². The van der Waals surface area contributed by atoms with Crippen LogP contribution in [-0.4, -0.2) is 10.9 Å². The molecule has 0 radical (unpaired) electrons. The fourth-order valence-electron chi connectivity index (χ4n) is 2.74. The number of nitrogens with zero attached hydrogens (tertiary/aromatic N) is 1. The molecule has 26 heavy (non-hydrogen) atoms. The first kappa shape index (κ1) is 18.4. The lowest BCUT2D eigenvalue weighted by Gasteiger charge is -2.19. The van der Waals surface area contributed by atoms with Gasteiger partial charge in [0.05, 0.1) is 21.8 Å². The minimum Gasteiger partial charge on any atom is -0.344 e. The smallest absolute Gasteiger partial charge is 0.221 e. The highest BCUT2D eigenvalue weighted by Crippen LogP contribution is 2.26. The summed E-state index contributed by atoms with van der Waals surface area (Å²) >= 11 is 12.2. The van der Waals surface area contributed by atoms with Gasteiger partial charge in [-0.3, -0.25) is 9.78 Å². The summed E-state index contributed by atoms with van der Waals surface area (Å²) in [5.74, 6) is -0.0689. The average Bonchev–Trinajstić information content (AvgIpc) is 2.68. The largest absolute Gasteiger partial charge is 0.344 e. The number of halogens is 2. The van der Waals surface area contributed by atoms with Crippen molar-refractivity contribution in [1.82, 2.24) is 10.3 Å². The van der Waals surface area contributed by atoms with Crippen molar-refractivity contribution in [3.8, 4) is 0 Å². The number of pyridine rings is 1. The Bertz CT molecular complexity index is 830. The maximum absolute atomic E-state index is 12.6. The van der Waals surface area contributed by atoms with E-state index in [-0.39, 0.29) is 11.9 Å². The lowest BCUT2D eigenvalue weighted by molar-refractivity contribution is -0.121. The third kappa shape index (κ3) is 4.63. The summed E-state index contributed by atoms with van der Waals surface area (Å²) in [5, 5.41) is 4.08. The van der Waals surface area contributed by atoms with Crippen LogP contribution in [0.3, 0.4) is 0 Å². The van der Waals surface area contributed by atoms with E-state index in [1.807, 2.05) is 60.7 Å². The molecule has 5 heteroatoms. The standard InChI is InChI=1S/C21H18Cl2N2O/c22-17-10-6-9-15(20(17)23)12-13-19(26)25-21(16-7-2-1-3-8-16)18-11-4-5-14-24-18/h1-11,14,21H,12-13H2,(H,25,26)/t21-/m1/s1. The van der Waals surface area contributed by atoms with E-state index in [4.69, 9.17) is 23.2 Å². The zero-order chi connectivity index (χ0) is 18.4. The number of aryl methyl sites for hydroxylation is 1. The number of aromatic nitrogens is 1. The van der Waals surface area contributed by atoms with Crippen molar-refractivity contribution in [2.24, 2.45) is 0 Å². The summed E-state index contributed by atoms with van der Waals surface area (Å²) in [6, 6.07) is 20.6. The van der Waals surface area contributed by atoms with E-state index in [0.717, 1.165) is 16.8 Å². The molecule has 0 saturated carbocycles. The molecule has 1 amide bonds. The third-order valence-electron chi connectivity index (χ3n) is 4.07. The molecule has 0 fully saturated rings. The van der Waals surface area contributed by atoms with E-state index in [1.165, 1.54) is 0 Å². The fraction of sp³-hybridized carbons (Fsp3) is 0.143. The van der Waals surface area contributed by atoms with E-state index >= 15 is 0 Å². The Morgan fingerprint density at radius 1 is 0.962 bits per heavy atom. The van der Waals surface area contributed by atoms with E-state index in [0.29, 0.717) is 22.9 Å². The van der Waals surface area contributed by atoms with Crippen LogP contribution in [0.5, 0.6) is 0 Å². The lowest BCUT2D eigenvalue weighted by Crippen LogP contribution is -2.30. The molecular formula is C21H18Cl2N2O. The maximum Gasteiger partial charge on any atom is 0.221 e. The van der Waals surface area contributed by atoms with Crippen molar-refractivity contribution in [3.63, 3.8) is 0 Å². The Hall–Kier alpha value is -2.36. The highest BCUT2D eigenvalue weighted by Gasteiger charge is 2.18. The first-order valence-corrected chi connectivity index (χ1v) is 9.09. The lowest BCUT2D eigenvalue weighted by atomic mass is 10.0. The van der Waals surface area contributed by atoms with Crippen LogP contribution in [0, 0.1) is 0 Å². The van der Waals surface area contributed by atoms with Gasteiger partial charge in [0.2, 0.25) is 5.91 Å². The molecule has 3 nitrogen and oxygen atoms in total. The van der Waals surface area contributed by atoms with Crippen LogP contribution in [0.1, 0.15) is 29.3 Å². The van der Waals surface area contributed by atoms with E-state index < -0.39 is 0 Å². The molecule has 0 aliphatic heterocycles. The van der Waals surface area contributed by atoms with Gasteiger partial charge in [0.1, 0.15) is 0 Å². The predicted octanol–water partition coefficient (Wildman–Crippen LogP) is 5.23. The Labute approximate surface area is 163 Å². The monoisotopic (exact) mass is 384 g/mol. The van der Waals surface area contributed by atoms with Crippen molar-refractivity contribution < 1.29 is 4.79 Å². The number of hydrogen-bond donors (Lipinski definition) is 1. The average molecular weight is 385 g/mol. The molecule has 0 aliphatic carbocycles. The second kappa shape index (κ2) is 8.84. The normalized spacial score (nSPS) is 11.8. The summed E-state index contributed by atoms with van der Waals surface area (Å²) in [4.78, 5) is 17.0. The minimum atomic E-state index is -0.292. The van der Waals surface area contributed by atoms with Crippen LogP contribution in [0.2, 0.25) is 10.0 Å². The number of rotatable bonds is 6. The van der Waals surface area contributed by atoms with Crippen molar-refractivity contribution >= 4 is 29.1 Å². The van der Waals surface area contributed by atoms with Crippen LogP contribution in [-0.2, 0) is 11.2 Å². The maximum atomic E-state index is 12.6. The van der Waals surface area contributed by atoms with Crippen LogP contribution < -0.4 is 5.32 Å². The quantitative estimate of drug-likeness (QED) is 0.632. The molecular weight excluding hydrogens is 367 g/mol. The van der Waals surface area contributed by atoms with Gasteiger partial charge >= 0.3 is 0 Å². The van der Waals surface area contributed by atoms with Gasteiger partial charge < -0.3 is 5.32 Å². The Morgan fingerprint density at radius 3 is 2.46 bits per heavy atom. The van der Waals surface area contributed by atoms with Crippen molar-refractivity contribution in [1.29, 1.82) is 0 Å². The SMILES string of the molecule is O=C(CCc1cccc(Cl)c1Cl)N[C@H](c1ccccc1)c1ccccn1. The summed E-state index contributed by atoms with van der Waals surface area (Å²) in [6.45, 7) is 0. The van der Waals surface area contributed by atoms with Crippen molar-refractivity contribution in [2.45, 2.75) is 18.9 Å². The van der Waals surface area contributed by atoms with Crippen molar-refractivity contribution in [3.05, 3.63) is 99.8 Å². The molecule has 0 saturated heterocycles. The molecule has 0 aliphatic rings. The van der Waals surface area contributed by atoms with Gasteiger partial charge in [-0.25, -0.2) is 0 Å². The van der Waals surface area contributed by atoms with Gasteiger partial charge in [0.25, 0.3) is 0 Å². The van der Waals surface area contributed by atoms with E-state index in [9.17, 15) is 4.79 Å². The highest BCUT2D eigenvalue weighted by molar-refractivity contribution is 6.42. The van der Waals surface area contributed by atoms with Gasteiger partial charge in [-0.15, -0.1) is 0 Å². The molecule has 1 heterocycles. The first-order chi connectivity index (χ1) is 12.6. The molecule has 3 aromatic rings. The van der Waals surface area contributed by atoms with Crippen molar-refractivity contribution in [2.75, 3.05) is 0 Å². The van der Waals surface area contributed by atoms with Crippen LogP contribution in [0.25, 0.3) is 0 Å². The second-order valence-corrected chi connectivity index (χ2v) is 6.66. The third-order valence-corrected chi connectivity index (χ3v) is 4.93.